The molecule has 1 aliphatic rings. The maximum absolute atomic E-state index is 16.0. The van der Waals surface area contributed by atoms with Crippen LogP contribution in [-0.2, 0) is 11.3 Å². The first-order chi connectivity index (χ1) is 19.5. The summed E-state index contributed by atoms with van der Waals surface area (Å²) in [6.45, 7) is 4.44. The van der Waals surface area contributed by atoms with Gasteiger partial charge in [-0.1, -0.05) is 32.1 Å². The number of aromatic nitrogens is 5. The number of carbonyl (C=O) groups excluding carboxylic acids is 2. The van der Waals surface area contributed by atoms with Crippen molar-refractivity contribution in [3.05, 3.63) is 65.8 Å². The Balaban J connectivity index is 1.54. The number of hydrogen-bond acceptors (Lipinski definition) is 6. The number of fused-ring (bicyclic) bond motifs is 1. The van der Waals surface area contributed by atoms with Crippen molar-refractivity contribution in [1.82, 2.24) is 30.0 Å². The van der Waals surface area contributed by atoms with Gasteiger partial charge in [0.1, 0.15) is 17.0 Å². The summed E-state index contributed by atoms with van der Waals surface area (Å²) >= 11 is 0. The van der Waals surface area contributed by atoms with E-state index in [9.17, 15) is 9.59 Å². The SMILES string of the molecule is CCOC(=O)c1ccncc1-c1ccc2[nH]c(C(NC(=O)c3ccnn3CC)C3CCCCCCC3)nc2c1F. The highest BCUT2D eigenvalue weighted by Gasteiger charge is 2.30. The van der Waals surface area contributed by atoms with Gasteiger partial charge in [-0.05, 0) is 56.9 Å². The molecule has 210 valence electrons. The number of aromatic amines is 1. The molecular weight excluding hydrogens is 511 g/mol. The average molecular weight is 547 g/mol. The smallest absolute Gasteiger partial charge is 0.338 e. The first kappa shape index (κ1) is 27.5. The fraction of sp³-hybridized carbons (Fsp3) is 0.433. The van der Waals surface area contributed by atoms with Crippen LogP contribution in [0.2, 0.25) is 0 Å². The predicted octanol–water partition coefficient (Wildman–Crippen LogP) is 5.99. The van der Waals surface area contributed by atoms with Crippen LogP contribution in [0.25, 0.3) is 22.2 Å². The minimum atomic E-state index is -0.564. The van der Waals surface area contributed by atoms with E-state index in [1.54, 1.807) is 36.0 Å². The first-order valence-corrected chi connectivity index (χ1v) is 14.1. The van der Waals surface area contributed by atoms with E-state index in [0.717, 1.165) is 38.5 Å². The fourth-order valence-electron chi connectivity index (χ4n) is 5.64. The lowest BCUT2D eigenvalue weighted by atomic mass is 9.85. The quantitative estimate of drug-likeness (QED) is 0.263. The molecule has 1 atom stereocenters. The molecule has 0 aliphatic heterocycles. The summed E-state index contributed by atoms with van der Waals surface area (Å²) in [5.74, 6) is -0.670. The predicted molar refractivity (Wildman–Crippen MR) is 149 cm³/mol. The molecule has 1 aliphatic carbocycles. The molecule has 1 fully saturated rings. The Morgan fingerprint density at radius 3 is 2.60 bits per heavy atom. The van der Waals surface area contributed by atoms with Crippen LogP contribution < -0.4 is 5.32 Å². The van der Waals surface area contributed by atoms with Crippen molar-refractivity contribution in [3.8, 4) is 11.1 Å². The third-order valence-corrected chi connectivity index (χ3v) is 7.67. The van der Waals surface area contributed by atoms with Gasteiger partial charge in [-0.3, -0.25) is 14.5 Å². The highest BCUT2D eigenvalue weighted by molar-refractivity contribution is 5.98. The van der Waals surface area contributed by atoms with Crippen LogP contribution in [0.5, 0.6) is 0 Å². The summed E-state index contributed by atoms with van der Waals surface area (Å²) in [5, 5.41) is 7.44. The topological polar surface area (TPSA) is 115 Å². The number of halogens is 1. The van der Waals surface area contributed by atoms with Gasteiger partial charge in [-0.25, -0.2) is 14.2 Å². The standard InChI is InChI=1S/C30H35FN6O3/c1-3-37-24(15-17-33-37)29(38)36-26(19-10-8-6-5-7-9-11-19)28-34-23-13-12-20(25(31)27(23)35-28)22-18-32-16-14-21(22)30(39)40-4-2/h12-19,26H,3-11H2,1-2H3,(H,34,35)(H,36,38). The molecule has 1 saturated carbocycles. The molecule has 4 aromatic rings. The van der Waals surface area contributed by atoms with Crippen LogP contribution in [0, 0.1) is 11.7 Å². The van der Waals surface area contributed by atoms with E-state index in [1.807, 2.05) is 6.92 Å². The third-order valence-electron chi connectivity index (χ3n) is 7.67. The number of rotatable bonds is 8. The molecule has 5 rings (SSSR count). The van der Waals surface area contributed by atoms with E-state index in [2.05, 4.69) is 20.4 Å². The number of nitrogens with one attached hydrogen (secondary N) is 2. The summed E-state index contributed by atoms with van der Waals surface area (Å²) < 4.78 is 22.9. The van der Waals surface area contributed by atoms with Crippen LogP contribution in [0.4, 0.5) is 4.39 Å². The fourth-order valence-corrected chi connectivity index (χ4v) is 5.64. The van der Waals surface area contributed by atoms with Crippen molar-refractivity contribution in [1.29, 1.82) is 0 Å². The summed E-state index contributed by atoms with van der Waals surface area (Å²) in [6.07, 6.45) is 12.1. The van der Waals surface area contributed by atoms with E-state index >= 15 is 4.39 Å². The molecule has 0 radical (unpaired) electrons. The van der Waals surface area contributed by atoms with Gasteiger partial charge in [0.15, 0.2) is 5.82 Å². The zero-order valence-corrected chi connectivity index (χ0v) is 23.0. The van der Waals surface area contributed by atoms with Crippen molar-refractivity contribution < 1.29 is 18.7 Å². The lowest BCUT2D eigenvalue weighted by molar-refractivity contribution is 0.0527. The Labute approximate surface area is 232 Å². The molecule has 1 amide bonds. The number of ether oxygens (including phenoxy) is 1. The van der Waals surface area contributed by atoms with E-state index in [1.165, 1.54) is 24.9 Å². The molecule has 0 spiro atoms. The monoisotopic (exact) mass is 546 g/mol. The van der Waals surface area contributed by atoms with E-state index < -0.39 is 17.8 Å². The second-order valence-corrected chi connectivity index (χ2v) is 10.2. The zero-order chi connectivity index (χ0) is 28.1. The van der Waals surface area contributed by atoms with E-state index in [4.69, 9.17) is 9.72 Å². The first-order valence-electron chi connectivity index (χ1n) is 14.1. The second-order valence-electron chi connectivity index (χ2n) is 10.2. The molecule has 40 heavy (non-hydrogen) atoms. The summed E-state index contributed by atoms with van der Waals surface area (Å²) in [4.78, 5) is 38.1. The van der Waals surface area contributed by atoms with Gasteiger partial charge in [0, 0.05) is 36.3 Å². The molecule has 9 nitrogen and oxygen atoms in total. The van der Waals surface area contributed by atoms with E-state index in [-0.39, 0.29) is 35.1 Å². The second kappa shape index (κ2) is 12.4. The van der Waals surface area contributed by atoms with Gasteiger partial charge < -0.3 is 15.0 Å². The largest absolute Gasteiger partial charge is 0.462 e. The molecule has 1 aromatic carbocycles. The zero-order valence-electron chi connectivity index (χ0n) is 23.0. The number of nitrogens with zero attached hydrogens (tertiary/aromatic N) is 4. The van der Waals surface area contributed by atoms with Gasteiger partial charge >= 0.3 is 5.97 Å². The molecule has 3 heterocycles. The van der Waals surface area contributed by atoms with Crippen LogP contribution in [-0.4, -0.2) is 43.2 Å². The number of aryl methyl sites for hydroxylation is 1. The summed E-state index contributed by atoms with van der Waals surface area (Å²) in [5.41, 5.74) is 1.92. The molecule has 3 aromatic heterocycles. The molecular formula is C30H35FN6O3. The minimum absolute atomic E-state index is 0.148. The minimum Gasteiger partial charge on any atom is -0.462 e. The van der Waals surface area contributed by atoms with Crippen LogP contribution in [0.1, 0.15) is 91.5 Å². The number of amides is 1. The van der Waals surface area contributed by atoms with Crippen molar-refractivity contribution in [2.75, 3.05) is 6.61 Å². The van der Waals surface area contributed by atoms with Crippen LogP contribution in [0.3, 0.4) is 0 Å². The number of esters is 1. The number of pyridine rings is 1. The van der Waals surface area contributed by atoms with Gasteiger partial charge in [0.2, 0.25) is 0 Å². The maximum atomic E-state index is 16.0. The van der Waals surface area contributed by atoms with Crippen molar-refractivity contribution in [3.63, 3.8) is 0 Å². The number of hydrogen-bond donors (Lipinski definition) is 2. The van der Waals surface area contributed by atoms with Gasteiger partial charge in [-0.15, -0.1) is 0 Å². The molecule has 2 N–H and O–H groups in total. The molecule has 10 heteroatoms. The summed E-state index contributed by atoms with van der Waals surface area (Å²) in [6, 6.07) is 6.16. The lowest BCUT2D eigenvalue weighted by Gasteiger charge is -2.28. The number of carbonyl (C=O) groups is 2. The van der Waals surface area contributed by atoms with Crippen LogP contribution >= 0.6 is 0 Å². The number of imidazole rings is 1. The Hall–Kier alpha value is -4.08. The Bertz CT molecular complexity index is 1490. The van der Waals surface area contributed by atoms with E-state index in [0.29, 0.717) is 29.1 Å². The Morgan fingerprint density at radius 1 is 1.07 bits per heavy atom. The maximum Gasteiger partial charge on any atom is 0.338 e. The number of benzene rings is 1. The van der Waals surface area contributed by atoms with Crippen molar-refractivity contribution >= 4 is 22.9 Å². The Morgan fingerprint density at radius 2 is 1.85 bits per heavy atom. The molecule has 0 bridgehead atoms. The highest BCUT2D eigenvalue weighted by atomic mass is 19.1. The normalized spacial score (nSPS) is 15.4. The van der Waals surface area contributed by atoms with Gasteiger partial charge in [-0.2, -0.15) is 5.10 Å². The van der Waals surface area contributed by atoms with Crippen LogP contribution in [0.15, 0.2) is 42.9 Å². The third kappa shape index (κ3) is 5.61. The summed E-state index contributed by atoms with van der Waals surface area (Å²) in [7, 11) is 0. The lowest BCUT2D eigenvalue weighted by Crippen LogP contribution is -2.35. The van der Waals surface area contributed by atoms with Gasteiger partial charge in [0.25, 0.3) is 5.91 Å². The van der Waals surface area contributed by atoms with Crippen molar-refractivity contribution in [2.24, 2.45) is 5.92 Å². The highest BCUT2D eigenvalue weighted by Crippen LogP contribution is 2.35. The average Bonchev–Trinajstić information content (AvgIpc) is 3.60. The number of H-pyrrole nitrogens is 1. The Kier molecular flexibility index (Phi) is 8.52. The molecule has 1 unspecified atom stereocenters. The van der Waals surface area contributed by atoms with Gasteiger partial charge in [0.05, 0.1) is 23.7 Å². The molecule has 0 saturated heterocycles. The van der Waals surface area contributed by atoms with Crippen molar-refractivity contribution in [2.45, 2.75) is 71.4 Å².